The number of hydrogen-bond acceptors (Lipinski definition) is 5. The fraction of sp³-hybridized carbons (Fsp3) is 0.625. The predicted molar refractivity (Wildman–Crippen MR) is 82.7 cm³/mol. The van der Waals surface area contributed by atoms with Gasteiger partial charge >= 0.3 is 0 Å². The summed E-state index contributed by atoms with van der Waals surface area (Å²) >= 11 is 0. The summed E-state index contributed by atoms with van der Waals surface area (Å²) in [4.78, 5) is 2.41. The summed E-state index contributed by atoms with van der Waals surface area (Å²) in [6.07, 6.45) is 0. The highest BCUT2D eigenvalue weighted by atomic mass is 16.5. The molecule has 0 amide bonds. The normalized spacial score (nSPS) is 16.1. The number of hydrogen-bond donors (Lipinski definition) is 1. The number of nitrogens with one attached hydrogen (secondary N) is 1. The Bertz CT molecular complexity index is 420. The van der Waals surface area contributed by atoms with E-state index in [4.69, 9.17) is 14.2 Å². The molecule has 1 saturated heterocycles. The lowest BCUT2D eigenvalue weighted by atomic mass is 10.1. The Labute approximate surface area is 127 Å². The van der Waals surface area contributed by atoms with Crippen LogP contribution in [0.1, 0.15) is 11.1 Å². The smallest absolute Gasteiger partial charge is 0.123 e. The highest BCUT2D eigenvalue weighted by molar-refractivity contribution is 5.37. The predicted octanol–water partition coefficient (Wildman–Crippen LogP) is 1.26. The van der Waals surface area contributed by atoms with Crippen molar-refractivity contribution in [1.29, 1.82) is 0 Å². The third-order valence-corrected chi connectivity index (χ3v) is 3.65. The zero-order valence-electron chi connectivity index (χ0n) is 13.1. The Kier molecular flexibility index (Phi) is 6.95. The van der Waals surface area contributed by atoms with Crippen molar-refractivity contribution >= 4 is 0 Å². The van der Waals surface area contributed by atoms with Crippen molar-refractivity contribution in [3.05, 3.63) is 29.3 Å². The van der Waals surface area contributed by atoms with Gasteiger partial charge in [-0.15, -0.1) is 0 Å². The molecule has 0 aliphatic carbocycles. The maximum Gasteiger partial charge on any atom is 0.123 e. The molecule has 21 heavy (non-hydrogen) atoms. The number of nitrogens with zero attached hydrogens (tertiary/aromatic N) is 1. The Morgan fingerprint density at radius 2 is 2.05 bits per heavy atom. The number of rotatable bonds is 8. The van der Waals surface area contributed by atoms with Crippen molar-refractivity contribution in [2.75, 3.05) is 53.7 Å². The molecule has 1 heterocycles. The lowest BCUT2D eigenvalue weighted by molar-refractivity contribution is 0.0339. The van der Waals surface area contributed by atoms with Crippen LogP contribution in [0, 0.1) is 0 Å². The molecule has 0 atom stereocenters. The van der Waals surface area contributed by atoms with Gasteiger partial charge in [0.2, 0.25) is 0 Å². The third kappa shape index (κ3) is 5.28. The fourth-order valence-corrected chi connectivity index (χ4v) is 2.47. The second kappa shape index (κ2) is 9.00. The zero-order valence-corrected chi connectivity index (χ0v) is 13.1. The van der Waals surface area contributed by atoms with Crippen LogP contribution in [0.3, 0.4) is 0 Å². The molecule has 1 aliphatic heterocycles. The van der Waals surface area contributed by atoms with Gasteiger partial charge in [-0.25, -0.2) is 0 Å². The summed E-state index contributed by atoms with van der Waals surface area (Å²) in [5, 5.41) is 3.37. The van der Waals surface area contributed by atoms with E-state index >= 15 is 0 Å². The largest absolute Gasteiger partial charge is 0.496 e. The standard InChI is InChI=1S/C16H26N2O3/c1-19-8-5-17-12-14-3-4-16(20-2)15(11-14)13-18-6-9-21-10-7-18/h3-4,11,17H,5-10,12-13H2,1-2H3. The van der Waals surface area contributed by atoms with Crippen molar-refractivity contribution < 1.29 is 14.2 Å². The second-order valence-corrected chi connectivity index (χ2v) is 5.20. The van der Waals surface area contributed by atoms with Gasteiger partial charge in [-0.3, -0.25) is 4.90 Å². The van der Waals surface area contributed by atoms with Crippen molar-refractivity contribution in [3.63, 3.8) is 0 Å². The summed E-state index contributed by atoms with van der Waals surface area (Å²) in [5.74, 6) is 0.960. The Balaban J connectivity index is 1.95. The Hall–Kier alpha value is -1.14. The van der Waals surface area contributed by atoms with E-state index in [2.05, 4.69) is 28.4 Å². The molecule has 0 unspecified atom stereocenters. The summed E-state index contributed by atoms with van der Waals surface area (Å²) in [6, 6.07) is 6.40. The molecular weight excluding hydrogens is 268 g/mol. The molecule has 0 aromatic heterocycles. The molecule has 1 N–H and O–H groups in total. The van der Waals surface area contributed by atoms with E-state index in [-0.39, 0.29) is 0 Å². The highest BCUT2D eigenvalue weighted by Crippen LogP contribution is 2.22. The average molecular weight is 294 g/mol. The van der Waals surface area contributed by atoms with E-state index < -0.39 is 0 Å². The fourth-order valence-electron chi connectivity index (χ4n) is 2.47. The minimum Gasteiger partial charge on any atom is -0.496 e. The first-order valence-electron chi connectivity index (χ1n) is 7.49. The average Bonchev–Trinajstić information content (AvgIpc) is 2.53. The van der Waals surface area contributed by atoms with Gasteiger partial charge in [0, 0.05) is 45.4 Å². The molecule has 2 rings (SSSR count). The molecule has 1 fully saturated rings. The van der Waals surface area contributed by atoms with Crippen molar-refractivity contribution in [2.45, 2.75) is 13.1 Å². The van der Waals surface area contributed by atoms with E-state index in [1.54, 1.807) is 14.2 Å². The first kappa shape index (κ1) is 16.2. The van der Waals surface area contributed by atoms with Crippen LogP contribution in [-0.2, 0) is 22.6 Å². The van der Waals surface area contributed by atoms with E-state index in [0.29, 0.717) is 0 Å². The monoisotopic (exact) mass is 294 g/mol. The number of benzene rings is 1. The van der Waals surface area contributed by atoms with E-state index in [9.17, 15) is 0 Å². The van der Waals surface area contributed by atoms with Gasteiger partial charge in [-0.1, -0.05) is 6.07 Å². The molecule has 0 radical (unpaired) electrons. The summed E-state index contributed by atoms with van der Waals surface area (Å²) < 4.78 is 15.9. The lowest BCUT2D eigenvalue weighted by Crippen LogP contribution is -2.35. The third-order valence-electron chi connectivity index (χ3n) is 3.65. The van der Waals surface area contributed by atoms with Crippen LogP contribution >= 0.6 is 0 Å². The van der Waals surface area contributed by atoms with Crippen LogP contribution in [-0.4, -0.2) is 58.6 Å². The van der Waals surface area contributed by atoms with Gasteiger partial charge in [0.15, 0.2) is 0 Å². The van der Waals surface area contributed by atoms with Crippen LogP contribution in [0.15, 0.2) is 18.2 Å². The van der Waals surface area contributed by atoms with Gasteiger partial charge in [0.25, 0.3) is 0 Å². The van der Waals surface area contributed by atoms with Crippen molar-refractivity contribution in [2.24, 2.45) is 0 Å². The Morgan fingerprint density at radius 1 is 1.24 bits per heavy atom. The molecule has 1 aromatic carbocycles. The lowest BCUT2D eigenvalue weighted by Gasteiger charge is -2.27. The molecule has 0 spiro atoms. The zero-order chi connectivity index (χ0) is 14.9. The molecule has 0 bridgehead atoms. The van der Waals surface area contributed by atoms with Crippen LogP contribution in [0.2, 0.25) is 0 Å². The van der Waals surface area contributed by atoms with Gasteiger partial charge in [0.05, 0.1) is 26.9 Å². The Morgan fingerprint density at radius 3 is 2.76 bits per heavy atom. The molecule has 0 saturated carbocycles. The van der Waals surface area contributed by atoms with E-state index in [1.165, 1.54) is 11.1 Å². The molecule has 5 nitrogen and oxygen atoms in total. The van der Waals surface area contributed by atoms with Crippen molar-refractivity contribution in [3.8, 4) is 5.75 Å². The first-order chi connectivity index (χ1) is 10.3. The van der Waals surface area contributed by atoms with Crippen molar-refractivity contribution in [1.82, 2.24) is 10.2 Å². The molecule has 5 heteroatoms. The maximum atomic E-state index is 5.49. The van der Waals surface area contributed by atoms with Crippen LogP contribution in [0.25, 0.3) is 0 Å². The quantitative estimate of drug-likeness (QED) is 0.731. The summed E-state index contributed by atoms with van der Waals surface area (Å²) in [6.45, 7) is 6.97. The van der Waals surface area contributed by atoms with Crippen LogP contribution in [0.5, 0.6) is 5.75 Å². The second-order valence-electron chi connectivity index (χ2n) is 5.20. The molecule has 1 aliphatic rings. The van der Waals surface area contributed by atoms with Gasteiger partial charge in [-0.05, 0) is 17.7 Å². The molecule has 1 aromatic rings. The van der Waals surface area contributed by atoms with Gasteiger partial charge in [0.1, 0.15) is 5.75 Å². The highest BCUT2D eigenvalue weighted by Gasteiger charge is 2.13. The molecule has 118 valence electrons. The van der Waals surface area contributed by atoms with E-state index in [1.807, 2.05) is 0 Å². The van der Waals surface area contributed by atoms with Gasteiger partial charge in [-0.2, -0.15) is 0 Å². The van der Waals surface area contributed by atoms with E-state index in [0.717, 1.165) is 58.3 Å². The SMILES string of the molecule is COCCNCc1ccc(OC)c(CN2CCOCC2)c1. The number of ether oxygens (including phenoxy) is 3. The molecular formula is C16H26N2O3. The van der Waals surface area contributed by atoms with Crippen LogP contribution < -0.4 is 10.1 Å². The van der Waals surface area contributed by atoms with Gasteiger partial charge < -0.3 is 19.5 Å². The summed E-state index contributed by atoms with van der Waals surface area (Å²) in [5.41, 5.74) is 2.51. The maximum absolute atomic E-state index is 5.49. The minimum atomic E-state index is 0.733. The topological polar surface area (TPSA) is 43.0 Å². The van der Waals surface area contributed by atoms with Crippen LogP contribution in [0.4, 0.5) is 0 Å². The number of methoxy groups -OCH3 is 2. The number of morpholine rings is 1. The minimum absolute atomic E-state index is 0.733. The first-order valence-corrected chi connectivity index (χ1v) is 7.49. The summed E-state index contributed by atoms with van der Waals surface area (Å²) in [7, 11) is 3.45.